The van der Waals surface area contributed by atoms with Gasteiger partial charge in [-0.1, -0.05) is 32.9 Å². The molecule has 3 N–H and O–H groups in total. The number of hydrogen-bond acceptors (Lipinski definition) is 3. The molecule has 1 rings (SSSR count). The molecule has 0 spiro atoms. The summed E-state index contributed by atoms with van der Waals surface area (Å²) in [6.45, 7) is 7.16. The van der Waals surface area contributed by atoms with Crippen LogP contribution in [0.1, 0.15) is 51.5 Å². The summed E-state index contributed by atoms with van der Waals surface area (Å²) in [5.74, 6) is 1.26. The lowest BCUT2D eigenvalue weighted by Gasteiger charge is -2.25. The van der Waals surface area contributed by atoms with Crippen LogP contribution in [-0.2, 0) is 0 Å². The largest absolute Gasteiger partial charge is 0.491 e. The highest BCUT2D eigenvalue weighted by Gasteiger charge is 2.23. The summed E-state index contributed by atoms with van der Waals surface area (Å²) in [5.41, 5.74) is 6.10. The van der Waals surface area contributed by atoms with Crippen molar-refractivity contribution in [3.8, 4) is 5.75 Å². The van der Waals surface area contributed by atoms with Gasteiger partial charge in [0.15, 0.2) is 0 Å². The third-order valence-electron chi connectivity index (χ3n) is 3.85. The van der Waals surface area contributed by atoms with Gasteiger partial charge in [-0.05, 0) is 49.4 Å². The third-order valence-corrected chi connectivity index (χ3v) is 3.85. The minimum atomic E-state index is -0.723. The average Bonchev–Trinajstić information content (AvgIpc) is 2.45. The van der Waals surface area contributed by atoms with Crippen LogP contribution in [0.2, 0.25) is 0 Å². The highest BCUT2D eigenvalue weighted by Crippen LogP contribution is 2.24. The molecule has 3 heteroatoms. The van der Waals surface area contributed by atoms with E-state index in [4.69, 9.17) is 10.5 Å². The summed E-state index contributed by atoms with van der Waals surface area (Å²) in [7, 11) is 0. The van der Waals surface area contributed by atoms with Crippen molar-refractivity contribution >= 4 is 0 Å². The summed E-state index contributed by atoms with van der Waals surface area (Å²) in [4.78, 5) is 0. The van der Waals surface area contributed by atoms with Crippen LogP contribution in [0.25, 0.3) is 0 Å². The number of benzene rings is 1. The standard InChI is InChI=1S/C16H27NO2/c1-4-16(18,5-2)12-19-15-8-6-7-14(11-15)13(3)9-10-17/h6-8,11,13,18H,4-5,9-10,12,17H2,1-3H3/t13-/m1/s1. The molecular formula is C16H27NO2. The molecule has 0 amide bonds. The molecule has 1 aromatic carbocycles. The molecule has 0 unspecified atom stereocenters. The molecular weight excluding hydrogens is 238 g/mol. The molecule has 108 valence electrons. The van der Waals surface area contributed by atoms with Crippen molar-refractivity contribution in [2.24, 2.45) is 5.73 Å². The maximum Gasteiger partial charge on any atom is 0.119 e. The topological polar surface area (TPSA) is 55.5 Å². The van der Waals surface area contributed by atoms with Gasteiger partial charge in [0.2, 0.25) is 0 Å². The molecule has 0 fully saturated rings. The highest BCUT2D eigenvalue weighted by molar-refractivity contribution is 5.30. The van der Waals surface area contributed by atoms with Gasteiger partial charge in [-0.3, -0.25) is 0 Å². The van der Waals surface area contributed by atoms with E-state index in [9.17, 15) is 5.11 Å². The molecule has 0 saturated heterocycles. The smallest absolute Gasteiger partial charge is 0.119 e. The Morgan fingerprint density at radius 2 is 2.00 bits per heavy atom. The monoisotopic (exact) mass is 265 g/mol. The van der Waals surface area contributed by atoms with Gasteiger partial charge in [-0.15, -0.1) is 0 Å². The van der Waals surface area contributed by atoms with Crippen molar-refractivity contribution < 1.29 is 9.84 Å². The molecule has 0 aliphatic carbocycles. The molecule has 0 bridgehead atoms. The Morgan fingerprint density at radius 1 is 1.32 bits per heavy atom. The van der Waals surface area contributed by atoms with Gasteiger partial charge >= 0.3 is 0 Å². The van der Waals surface area contributed by atoms with Crippen LogP contribution in [0.5, 0.6) is 5.75 Å². The molecule has 0 aliphatic heterocycles. The lowest BCUT2D eigenvalue weighted by atomic mass is 9.97. The molecule has 0 aliphatic rings. The first-order valence-corrected chi connectivity index (χ1v) is 7.20. The normalized spacial score (nSPS) is 13.3. The maximum atomic E-state index is 10.2. The van der Waals surface area contributed by atoms with Crippen LogP contribution in [0, 0.1) is 0 Å². The number of hydrogen-bond donors (Lipinski definition) is 2. The highest BCUT2D eigenvalue weighted by atomic mass is 16.5. The SMILES string of the molecule is CCC(O)(CC)COc1cccc([C@H](C)CCN)c1. The first-order valence-electron chi connectivity index (χ1n) is 7.20. The number of nitrogens with two attached hydrogens (primary N) is 1. The Labute approximate surface area is 116 Å². The van der Waals surface area contributed by atoms with Gasteiger partial charge in [0.1, 0.15) is 12.4 Å². The van der Waals surface area contributed by atoms with Crippen LogP contribution in [0.15, 0.2) is 24.3 Å². The van der Waals surface area contributed by atoms with E-state index in [0.29, 0.717) is 31.9 Å². The van der Waals surface area contributed by atoms with Gasteiger partial charge in [0.05, 0.1) is 5.60 Å². The minimum Gasteiger partial charge on any atom is -0.491 e. The van der Waals surface area contributed by atoms with E-state index >= 15 is 0 Å². The van der Waals surface area contributed by atoms with Crippen molar-refractivity contribution in [2.75, 3.05) is 13.2 Å². The van der Waals surface area contributed by atoms with E-state index in [2.05, 4.69) is 13.0 Å². The zero-order valence-corrected chi connectivity index (χ0v) is 12.4. The van der Waals surface area contributed by atoms with Gasteiger partial charge < -0.3 is 15.6 Å². The summed E-state index contributed by atoms with van der Waals surface area (Å²) in [5, 5.41) is 10.2. The van der Waals surface area contributed by atoms with E-state index in [-0.39, 0.29) is 0 Å². The van der Waals surface area contributed by atoms with Crippen LogP contribution >= 0.6 is 0 Å². The molecule has 0 radical (unpaired) electrons. The van der Waals surface area contributed by atoms with Crippen molar-refractivity contribution in [3.05, 3.63) is 29.8 Å². The second-order valence-corrected chi connectivity index (χ2v) is 5.27. The predicted octanol–water partition coefficient (Wildman–Crippen LogP) is 3.07. The van der Waals surface area contributed by atoms with Crippen LogP contribution < -0.4 is 10.5 Å². The van der Waals surface area contributed by atoms with E-state index in [1.807, 2.05) is 32.0 Å². The summed E-state index contributed by atoms with van der Waals surface area (Å²) in [6, 6.07) is 8.07. The molecule has 1 atom stereocenters. The van der Waals surface area contributed by atoms with Crippen LogP contribution in [-0.4, -0.2) is 23.9 Å². The predicted molar refractivity (Wildman–Crippen MR) is 79.6 cm³/mol. The minimum absolute atomic E-state index is 0.342. The number of ether oxygens (including phenoxy) is 1. The molecule has 19 heavy (non-hydrogen) atoms. The Kier molecular flexibility index (Phi) is 6.32. The summed E-state index contributed by atoms with van der Waals surface area (Å²) in [6.07, 6.45) is 2.37. The average molecular weight is 265 g/mol. The van der Waals surface area contributed by atoms with Crippen molar-refractivity contribution in [3.63, 3.8) is 0 Å². The lowest BCUT2D eigenvalue weighted by molar-refractivity contribution is -0.0113. The van der Waals surface area contributed by atoms with Crippen LogP contribution in [0.4, 0.5) is 0 Å². The molecule has 0 heterocycles. The Morgan fingerprint density at radius 3 is 2.58 bits per heavy atom. The van der Waals surface area contributed by atoms with Crippen molar-refractivity contribution in [2.45, 2.75) is 51.6 Å². The summed E-state index contributed by atoms with van der Waals surface area (Å²) >= 11 is 0. The fourth-order valence-corrected chi connectivity index (χ4v) is 2.00. The van der Waals surface area contributed by atoms with E-state index in [0.717, 1.165) is 12.2 Å². The zero-order chi connectivity index (χ0) is 14.3. The van der Waals surface area contributed by atoms with Gasteiger partial charge in [0.25, 0.3) is 0 Å². The van der Waals surface area contributed by atoms with Crippen molar-refractivity contribution in [1.82, 2.24) is 0 Å². The zero-order valence-electron chi connectivity index (χ0n) is 12.4. The van der Waals surface area contributed by atoms with Gasteiger partial charge in [-0.25, -0.2) is 0 Å². The van der Waals surface area contributed by atoms with E-state index < -0.39 is 5.60 Å². The second kappa shape index (κ2) is 7.51. The fraction of sp³-hybridized carbons (Fsp3) is 0.625. The number of aliphatic hydroxyl groups is 1. The lowest BCUT2D eigenvalue weighted by Crippen LogP contribution is -2.34. The maximum absolute atomic E-state index is 10.2. The molecule has 1 aromatic rings. The molecule has 3 nitrogen and oxygen atoms in total. The first kappa shape index (κ1) is 16.0. The van der Waals surface area contributed by atoms with Gasteiger partial charge in [0, 0.05) is 0 Å². The Bertz CT molecular complexity index is 375. The quantitative estimate of drug-likeness (QED) is 0.759. The Balaban J connectivity index is 2.67. The van der Waals surface area contributed by atoms with E-state index in [1.165, 1.54) is 5.56 Å². The Hall–Kier alpha value is -1.06. The van der Waals surface area contributed by atoms with Gasteiger partial charge in [-0.2, -0.15) is 0 Å². The van der Waals surface area contributed by atoms with Crippen molar-refractivity contribution in [1.29, 1.82) is 0 Å². The van der Waals surface area contributed by atoms with Crippen LogP contribution in [0.3, 0.4) is 0 Å². The molecule has 0 aromatic heterocycles. The number of rotatable bonds is 8. The fourth-order valence-electron chi connectivity index (χ4n) is 2.00. The first-order chi connectivity index (χ1) is 9.04. The second-order valence-electron chi connectivity index (χ2n) is 5.27. The van der Waals surface area contributed by atoms with E-state index in [1.54, 1.807) is 0 Å². The molecule has 0 saturated carbocycles. The summed E-state index contributed by atoms with van der Waals surface area (Å²) < 4.78 is 5.74. The third kappa shape index (κ3) is 4.84.